The molecule has 26 heavy (non-hydrogen) atoms. The van der Waals surface area contributed by atoms with Gasteiger partial charge in [-0.1, -0.05) is 30.3 Å². The maximum absolute atomic E-state index is 13.0. The summed E-state index contributed by atoms with van der Waals surface area (Å²) in [5.41, 5.74) is 2.93. The molecule has 1 aliphatic heterocycles. The summed E-state index contributed by atoms with van der Waals surface area (Å²) < 4.78 is 24.6. The number of aromatic nitrogens is 1. The van der Waals surface area contributed by atoms with Crippen LogP contribution >= 0.6 is 0 Å². The van der Waals surface area contributed by atoms with Gasteiger partial charge in [-0.25, -0.2) is 9.37 Å². The highest BCUT2D eigenvalue weighted by atomic mass is 19.1. The molecule has 0 fully saturated rings. The van der Waals surface area contributed by atoms with Crippen molar-refractivity contribution in [1.82, 2.24) is 4.98 Å². The lowest BCUT2D eigenvalue weighted by Gasteiger charge is -2.27. The van der Waals surface area contributed by atoms with Gasteiger partial charge in [-0.3, -0.25) is 0 Å². The molecule has 0 aliphatic carbocycles. The Bertz CT molecular complexity index is 869. The molecule has 4 nitrogen and oxygen atoms in total. The second kappa shape index (κ2) is 7.44. The fourth-order valence-corrected chi connectivity index (χ4v) is 2.89. The summed E-state index contributed by atoms with van der Waals surface area (Å²) >= 11 is 0. The minimum atomic E-state index is -0.228. The van der Waals surface area contributed by atoms with Crippen LogP contribution in [0.25, 0.3) is 0 Å². The molecule has 1 N–H and O–H groups in total. The van der Waals surface area contributed by atoms with Crippen LogP contribution in [0.4, 0.5) is 10.1 Å². The Morgan fingerprint density at radius 1 is 1.08 bits per heavy atom. The summed E-state index contributed by atoms with van der Waals surface area (Å²) in [6.07, 6.45) is 2.48. The minimum Gasteiger partial charge on any atom is -0.491 e. The van der Waals surface area contributed by atoms with Crippen molar-refractivity contribution >= 4 is 5.69 Å². The van der Waals surface area contributed by atoms with Crippen molar-refractivity contribution in [2.75, 3.05) is 18.5 Å². The second-order valence-electron chi connectivity index (χ2n) is 6.28. The highest BCUT2D eigenvalue weighted by Crippen LogP contribution is 2.28. The summed E-state index contributed by atoms with van der Waals surface area (Å²) in [6.45, 7) is 1.01. The predicted molar refractivity (Wildman–Crippen MR) is 98.3 cm³/mol. The smallest absolute Gasteiger partial charge is 0.237 e. The fourth-order valence-electron chi connectivity index (χ4n) is 2.89. The zero-order valence-electron chi connectivity index (χ0n) is 14.2. The van der Waals surface area contributed by atoms with Crippen LogP contribution in [-0.4, -0.2) is 24.2 Å². The molecule has 1 aromatic heterocycles. The van der Waals surface area contributed by atoms with Gasteiger partial charge in [0.2, 0.25) is 5.88 Å². The molecular formula is C21H19FN2O2. The molecule has 0 saturated heterocycles. The predicted octanol–water partition coefficient (Wildman–Crippen LogP) is 4.06. The molecule has 2 aromatic carbocycles. The van der Waals surface area contributed by atoms with Gasteiger partial charge in [0.1, 0.15) is 24.8 Å². The van der Waals surface area contributed by atoms with Crippen LogP contribution < -0.4 is 14.8 Å². The van der Waals surface area contributed by atoms with E-state index in [0.29, 0.717) is 25.5 Å². The standard InChI is InChI=1S/C21H19FN2O2/c22-17-8-6-15(7-9-17)10-16-11-20-21(23-12-16)26-14-18(24-20)13-25-19-4-2-1-3-5-19/h1-9,11-12,18,24H,10,13-14H2/t18-/m0/s1. The van der Waals surface area contributed by atoms with E-state index in [-0.39, 0.29) is 11.9 Å². The Balaban J connectivity index is 1.41. The number of hydrogen-bond donors (Lipinski definition) is 1. The molecule has 0 unspecified atom stereocenters. The number of benzene rings is 2. The van der Waals surface area contributed by atoms with E-state index in [1.807, 2.05) is 36.4 Å². The molecule has 0 radical (unpaired) electrons. The molecule has 3 aromatic rings. The third kappa shape index (κ3) is 3.94. The van der Waals surface area contributed by atoms with E-state index >= 15 is 0 Å². The number of anilines is 1. The van der Waals surface area contributed by atoms with Crippen molar-refractivity contribution in [1.29, 1.82) is 0 Å². The Kier molecular flexibility index (Phi) is 4.69. The monoisotopic (exact) mass is 350 g/mol. The molecule has 1 atom stereocenters. The SMILES string of the molecule is Fc1ccc(Cc2cnc3c(c2)N[C@@H](COc2ccccc2)CO3)cc1. The molecule has 4 rings (SSSR count). The van der Waals surface area contributed by atoms with Gasteiger partial charge in [0.25, 0.3) is 0 Å². The topological polar surface area (TPSA) is 43.4 Å². The van der Waals surface area contributed by atoms with Gasteiger partial charge in [0.15, 0.2) is 0 Å². The summed E-state index contributed by atoms with van der Waals surface area (Å²) in [6, 6.07) is 18.3. The number of nitrogens with zero attached hydrogens (tertiary/aromatic N) is 1. The number of nitrogens with one attached hydrogen (secondary N) is 1. The number of hydrogen-bond acceptors (Lipinski definition) is 4. The second-order valence-corrected chi connectivity index (χ2v) is 6.28. The Labute approximate surface area is 151 Å². The van der Waals surface area contributed by atoms with Crippen LogP contribution in [0.5, 0.6) is 11.6 Å². The summed E-state index contributed by atoms with van der Waals surface area (Å²) in [4.78, 5) is 4.39. The van der Waals surface area contributed by atoms with E-state index in [1.165, 1.54) is 12.1 Å². The van der Waals surface area contributed by atoms with Crippen LogP contribution in [0.3, 0.4) is 0 Å². The number of halogens is 1. The number of pyridine rings is 1. The fraction of sp³-hybridized carbons (Fsp3) is 0.190. The molecule has 5 heteroatoms. The third-order valence-corrected chi connectivity index (χ3v) is 4.20. The summed E-state index contributed by atoms with van der Waals surface area (Å²) in [7, 11) is 0. The maximum Gasteiger partial charge on any atom is 0.237 e. The highest BCUT2D eigenvalue weighted by molar-refractivity contribution is 5.56. The van der Waals surface area contributed by atoms with E-state index < -0.39 is 0 Å². The molecule has 0 spiro atoms. The van der Waals surface area contributed by atoms with Gasteiger partial charge < -0.3 is 14.8 Å². The average Bonchev–Trinajstić information content (AvgIpc) is 2.69. The molecule has 0 bridgehead atoms. The van der Waals surface area contributed by atoms with E-state index in [4.69, 9.17) is 9.47 Å². The Morgan fingerprint density at radius 2 is 1.88 bits per heavy atom. The first kappa shape index (κ1) is 16.4. The molecule has 0 amide bonds. The van der Waals surface area contributed by atoms with Crippen molar-refractivity contribution in [2.45, 2.75) is 12.5 Å². The average molecular weight is 350 g/mol. The first-order chi connectivity index (χ1) is 12.8. The summed E-state index contributed by atoms with van der Waals surface area (Å²) in [5, 5.41) is 3.43. The first-order valence-electron chi connectivity index (χ1n) is 8.57. The largest absolute Gasteiger partial charge is 0.491 e. The molecular weight excluding hydrogens is 331 g/mol. The van der Waals surface area contributed by atoms with E-state index in [9.17, 15) is 4.39 Å². The van der Waals surface area contributed by atoms with Crippen molar-refractivity contribution < 1.29 is 13.9 Å². The molecule has 2 heterocycles. The maximum atomic E-state index is 13.0. The molecule has 1 aliphatic rings. The number of ether oxygens (including phenoxy) is 2. The van der Waals surface area contributed by atoms with Crippen LogP contribution in [0.15, 0.2) is 66.9 Å². The van der Waals surface area contributed by atoms with Gasteiger partial charge in [0.05, 0.1) is 11.7 Å². The normalized spacial score (nSPS) is 15.5. The van der Waals surface area contributed by atoms with Crippen molar-refractivity contribution in [3.05, 3.63) is 83.8 Å². The number of fused-ring (bicyclic) bond motifs is 1. The van der Waals surface area contributed by atoms with Crippen LogP contribution in [0.1, 0.15) is 11.1 Å². The van der Waals surface area contributed by atoms with Crippen molar-refractivity contribution in [3.63, 3.8) is 0 Å². The van der Waals surface area contributed by atoms with Gasteiger partial charge in [-0.15, -0.1) is 0 Å². The van der Waals surface area contributed by atoms with Crippen molar-refractivity contribution in [3.8, 4) is 11.6 Å². The zero-order valence-corrected chi connectivity index (χ0v) is 14.2. The highest BCUT2D eigenvalue weighted by Gasteiger charge is 2.21. The van der Waals surface area contributed by atoms with Gasteiger partial charge >= 0.3 is 0 Å². The zero-order chi connectivity index (χ0) is 17.8. The quantitative estimate of drug-likeness (QED) is 0.753. The lowest BCUT2D eigenvalue weighted by Crippen LogP contribution is -2.36. The van der Waals surface area contributed by atoms with Crippen LogP contribution in [0.2, 0.25) is 0 Å². The Morgan fingerprint density at radius 3 is 2.69 bits per heavy atom. The van der Waals surface area contributed by atoms with Gasteiger partial charge in [-0.05, 0) is 47.9 Å². The molecule has 0 saturated carbocycles. The summed E-state index contributed by atoms with van der Waals surface area (Å²) in [5.74, 6) is 1.21. The Hall–Kier alpha value is -3.08. The first-order valence-corrected chi connectivity index (χ1v) is 8.57. The van der Waals surface area contributed by atoms with E-state index in [2.05, 4.69) is 10.3 Å². The minimum absolute atomic E-state index is 0.0468. The van der Waals surface area contributed by atoms with E-state index in [1.54, 1.807) is 18.3 Å². The molecule has 132 valence electrons. The van der Waals surface area contributed by atoms with E-state index in [0.717, 1.165) is 22.6 Å². The third-order valence-electron chi connectivity index (χ3n) is 4.20. The van der Waals surface area contributed by atoms with Crippen LogP contribution in [-0.2, 0) is 6.42 Å². The van der Waals surface area contributed by atoms with Gasteiger partial charge in [0, 0.05) is 6.20 Å². The van der Waals surface area contributed by atoms with Crippen LogP contribution in [0, 0.1) is 5.82 Å². The van der Waals surface area contributed by atoms with Crippen molar-refractivity contribution in [2.24, 2.45) is 0 Å². The van der Waals surface area contributed by atoms with Gasteiger partial charge in [-0.2, -0.15) is 0 Å². The lowest BCUT2D eigenvalue weighted by molar-refractivity contribution is 0.215. The number of rotatable bonds is 5. The lowest BCUT2D eigenvalue weighted by atomic mass is 10.1. The number of para-hydroxylation sites is 1.